The van der Waals surface area contributed by atoms with Crippen molar-refractivity contribution >= 4 is 0 Å². The first kappa shape index (κ1) is 10.9. The summed E-state index contributed by atoms with van der Waals surface area (Å²) in [5.74, 6) is -0.480. The zero-order valence-electron chi connectivity index (χ0n) is 9.80. The summed E-state index contributed by atoms with van der Waals surface area (Å²) >= 11 is 0. The molecule has 1 spiro atoms. The summed E-state index contributed by atoms with van der Waals surface area (Å²) in [5, 5.41) is 9.27. The van der Waals surface area contributed by atoms with Gasteiger partial charge in [-0.05, 0) is 18.8 Å². The lowest BCUT2D eigenvalue weighted by Crippen LogP contribution is -2.47. The predicted molar refractivity (Wildman–Crippen MR) is 56.0 cm³/mol. The molecule has 1 saturated heterocycles. The molecule has 15 heavy (non-hydrogen) atoms. The Morgan fingerprint density at radius 2 is 1.60 bits per heavy atom. The first-order chi connectivity index (χ1) is 6.89. The highest BCUT2D eigenvalue weighted by atomic mass is 16.7. The largest absolute Gasteiger partial charge is 0.347 e. The Hall–Kier alpha value is -0.590. The molecule has 0 radical (unpaired) electrons. The van der Waals surface area contributed by atoms with E-state index < -0.39 is 5.79 Å². The molecule has 0 N–H and O–H groups in total. The molecule has 0 aromatic carbocycles. The van der Waals surface area contributed by atoms with Crippen LogP contribution in [-0.4, -0.2) is 19.0 Å². The van der Waals surface area contributed by atoms with E-state index in [1.54, 1.807) is 0 Å². The van der Waals surface area contributed by atoms with Gasteiger partial charge in [0, 0.05) is 12.8 Å². The van der Waals surface area contributed by atoms with Crippen LogP contribution < -0.4 is 0 Å². The SMILES string of the molecule is CC1(C)CC2(C[C@](C)(C#N)C1)OCCO2. The summed E-state index contributed by atoms with van der Waals surface area (Å²) in [6.45, 7) is 7.72. The number of hydrogen-bond donors (Lipinski definition) is 0. The maximum absolute atomic E-state index is 9.27. The van der Waals surface area contributed by atoms with E-state index in [4.69, 9.17) is 9.47 Å². The lowest BCUT2D eigenvalue weighted by atomic mass is 9.62. The highest BCUT2D eigenvalue weighted by molar-refractivity contribution is 5.07. The second kappa shape index (κ2) is 3.20. The minimum Gasteiger partial charge on any atom is -0.347 e. The van der Waals surface area contributed by atoms with Crippen molar-refractivity contribution in [1.82, 2.24) is 0 Å². The van der Waals surface area contributed by atoms with Gasteiger partial charge >= 0.3 is 0 Å². The second-order valence-electron chi connectivity index (χ2n) is 5.97. The molecule has 1 saturated carbocycles. The summed E-state index contributed by atoms with van der Waals surface area (Å²) in [5.41, 5.74) is -0.195. The standard InChI is InChI=1S/C12H19NO2/c1-10(2)6-11(3,9-13)8-12(7-10)14-4-5-15-12/h4-8H2,1-3H3/t11-/m1/s1. The van der Waals surface area contributed by atoms with Crippen molar-refractivity contribution in [3.63, 3.8) is 0 Å². The monoisotopic (exact) mass is 209 g/mol. The number of rotatable bonds is 0. The van der Waals surface area contributed by atoms with Crippen LogP contribution in [0.2, 0.25) is 0 Å². The Labute approximate surface area is 91.4 Å². The van der Waals surface area contributed by atoms with Gasteiger partial charge in [-0.15, -0.1) is 0 Å². The zero-order valence-corrected chi connectivity index (χ0v) is 9.80. The molecule has 0 amide bonds. The highest BCUT2D eigenvalue weighted by Crippen LogP contribution is 2.52. The molecule has 0 aromatic rings. The molecule has 84 valence electrons. The van der Waals surface area contributed by atoms with Gasteiger partial charge in [-0.25, -0.2) is 0 Å². The van der Waals surface area contributed by atoms with Gasteiger partial charge in [0.2, 0.25) is 0 Å². The molecule has 2 aliphatic rings. The van der Waals surface area contributed by atoms with E-state index in [1.165, 1.54) is 0 Å². The first-order valence-corrected chi connectivity index (χ1v) is 5.58. The van der Waals surface area contributed by atoms with E-state index in [0.717, 1.165) is 12.8 Å². The van der Waals surface area contributed by atoms with Gasteiger partial charge in [0.1, 0.15) is 0 Å². The van der Waals surface area contributed by atoms with Crippen LogP contribution in [0, 0.1) is 22.2 Å². The molecular formula is C12H19NO2. The van der Waals surface area contributed by atoms with Crippen molar-refractivity contribution in [3.8, 4) is 6.07 Å². The molecule has 1 aliphatic heterocycles. The third-order valence-electron chi connectivity index (χ3n) is 3.36. The van der Waals surface area contributed by atoms with Crippen LogP contribution in [0.5, 0.6) is 0 Å². The van der Waals surface area contributed by atoms with Crippen LogP contribution in [0.3, 0.4) is 0 Å². The van der Waals surface area contributed by atoms with E-state index in [-0.39, 0.29) is 10.8 Å². The second-order valence-corrected chi connectivity index (χ2v) is 5.97. The van der Waals surface area contributed by atoms with Gasteiger partial charge in [-0.1, -0.05) is 13.8 Å². The topological polar surface area (TPSA) is 42.2 Å². The Balaban J connectivity index is 2.26. The van der Waals surface area contributed by atoms with Crippen LogP contribution in [0.1, 0.15) is 40.0 Å². The fourth-order valence-electron chi connectivity index (χ4n) is 3.35. The quantitative estimate of drug-likeness (QED) is 0.615. The molecule has 0 bridgehead atoms. The Kier molecular flexibility index (Phi) is 2.33. The third kappa shape index (κ3) is 2.02. The van der Waals surface area contributed by atoms with E-state index in [1.807, 2.05) is 6.92 Å². The lowest BCUT2D eigenvalue weighted by Gasteiger charge is -2.47. The van der Waals surface area contributed by atoms with Crippen molar-refractivity contribution in [3.05, 3.63) is 0 Å². The van der Waals surface area contributed by atoms with Gasteiger partial charge in [0.25, 0.3) is 0 Å². The van der Waals surface area contributed by atoms with Gasteiger partial charge in [-0.3, -0.25) is 0 Å². The molecule has 0 aromatic heterocycles. The fourth-order valence-corrected chi connectivity index (χ4v) is 3.35. The van der Waals surface area contributed by atoms with Crippen molar-refractivity contribution < 1.29 is 9.47 Å². The normalized spacial score (nSPS) is 37.7. The van der Waals surface area contributed by atoms with Gasteiger partial charge in [-0.2, -0.15) is 5.26 Å². The van der Waals surface area contributed by atoms with Crippen LogP contribution in [-0.2, 0) is 9.47 Å². The van der Waals surface area contributed by atoms with Crippen molar-refractivity contribution in [2.24, 2.45) is 10.8 Å². The van der Waals surface area contributed by atoms with Crippen molar-refractivity contribution in [2.45, 2.75) is 45.8 Å². The molecule has 3 nitrogen and oxygen atoms in total. The lowest BCUT2D eigenvalue weighted by molar-refractivity contribution is -0.216. The molecule has 2 rings (SSSR count). The summed E-state index contributed by atoms with van der Waals surface area (Å²) in [6.07, 6.45) is 2.53. The third-order valence-corrected chi connectivity index (χ3v) is 3.36. The Bertz CT molecular complexity index is 299. The van der Waals surface area contributed by atoms with Gasteiger partial charge < -0.3 is 9.47 Å². The van der Waals surface area contributed by atoms with Crippen molar-refractivity contribution in [1.29, 1.82) is 5.26 Å². The highest BCUT2D eigenvalue weighted by Gasteiger charge is 2.52. The summed E-state index contributed by atoms with van der Waals surface area (Å²) in [4.78, 5) is 0. The molecular weight excluding hydrogens is 190 g/mol. The molecule has 3 heteroatoms. The molecule has 1 heterocycles. The summed E-state index contributed by atoms with van der Waals surface area (Å²) < 4.78 is 11.5. The van der Waals surface area contributed by atoms with Crippen LogP contribution >= 0.6 is 0 Å². The number of hydrogen-bond acceptors (Lipinski definition) is 3. The number of nitriles is 1. The van der Waals surface area contributed by atoms with E-state index >= 15 is 0 Å². The average Bonchev–Trinajstić information content (AvgIpc) is 2.49. The fraction of sp³-hybridized carbons (Fsp3) is 0.917. The maximum Gasteiger partial charge on any atom is 0.170 e. The Morgan fingerprint density at radius 1 is 1.00 bits per heavy atom. The van der Waals surface area contributed by atoms with Gasteiger partial charge in [0.05, 0.1) is 24.7 Å². The average molecular weight is 209 g/mol. The van der Waals surface area contributed by atoms with E-state index in [9.17, 15) is 5.26 Å². The van der Waals surface area contributed by atoms with Crippen LogP contribution in [0.4, 0.5) is 0 Å². The Morgan fingerprint density at radius 3 is 2.13 bits per heavy atom. The zero-order chi connectivity index (χ0) is 11.2. The van der Waals surface area contributed by atoms with Crippen LogP contribution in [0.25, 0.3) is 0 Å². The van der Waals surface area contributed by atoms with Gasteiger partial charge in [0.15, 0.2) is 5.79 Å². The first-order valence-electron chi connectivity index (χ1n) is 5.58. The molecule has 0 unspecified atom stereocenters. The predicted octanol–water partition coefficient (Wildman–Crippen LogP) is 2.47. The molecule has 2 fully saturated rings. The van der Waals surface area contributed by atoms with E-state index in [0.29, 0.717) is 19.6 Å². The number of ether oxygens (including phenoxy) is 2. The maximum atomic E-state index is 9.27. The van der Waals surface area contributed by atoms with E-state index in [2.05, 4.69) is 19.9 Å². The number of nitrogens with zero attached hydrogens (tertiary/aromatic N) is 1. The van der Waals surface area contributed by atoms with Crippen molar-refractivity contribution in [2.75, 3.05) is 13.2 Å². The molecule has 1 atom stereocenters. The van der Waals surface area contributed by atoms with Crippen LogP contribution in [0.15, 0.2) is 0 Å². The summed E-state index contributed by atoms with van der Waals surface area (Å²) in [7, 11) is 0. The minimum absolute atomic E-state index is 0.118. The smallest absolute Gasteiger partial charge is 0.170 e. The summed E-state index contributed by atoms with van der Waals surface area (Å²) in [6, 6.07) is 2.43. The minimum atomic E-state index is -0.480. The molecule has 1 aliphatic carbocycles.